The molecule has 15 heavy (non-hydrogen) atoms. The summed E-state index contributed by atoms with van der Waals surface area (Å²) < 4.78 is 0. The van der Waals surface area contributed by atoms with E-state index in [1.54, 1.807) is 23.7 Å². The highest BCUT2D eigenvalue weighted by Gasteiger charge is 2.09. The molecule has 0 spiro atoms. The lowest BCUT2D eigenvalue weighted by Crippen LogP contribution is -2.08. The average Bonchev–Trinajstić information content (AvgIpc) is 2.74. The number of aromatic nitrogens is 2. The first-order valence-corrected chi connectivity index (χ1v) is 5.52. The zero-order chi connectivity index (χ0) is 10.7. The quantitative estimate of drug-likeness (QED) is 0.833. The van der Waals surface area contributed by atoms with Gasteiger partial charge < -0.3 is 11.1 Å². The van der Waals surface area contributed by atoms with Gasteiger partial charge in [0.2, 0.25) is 0 Å². The van der Waals surface area contributed by atoms with Gasteiger partial charge in [0.1, 0.15) is 10.8 Å². The van der Waals surface area contributed by atoms with E-state index in [1.807, 2.05) is 24.4 Å². The van der Waals surface area contributed by atoms with Gasteiger partial charge in [-0.15, -0.1) is 11.3 Å². The van der Waals surface area contributed by atoms with E-state index in [0.29, 0.717) is 5.82 Å². The zero-order valence-electron chi connectivity index (χ0n) is 8.34. The third-order valence-corrected chi connectivity index (χ3v) is 2.99. The van der Waals surface area contributed by atoms with Gasteiger partial charge in [0, 0.05) is 17.8 Å². The summed E-state index contributed by atoms with van der Waals surface area (Å²) >= 11 is 1.62. The summed E-state index contributed by atoms with van der Waals surface area (Å²) in [5.41, 5.74) is 6.58. The molecule has 5 heteroatoms. The Bertz CT molecular complexity index is 427. The van der Waals surface area contributed by atoms with Crippen LogP contribution in [0.1, 0.15) is 18.0 Å². The third-order valence-electron chi connectivity index (χ3n) is 2.03. The molecule has 0 saturated heterocycles. The molecule has 2 heterocycles. The lowest BCUT2D eigenvalue weighted by Gasteiger charge is -2.13. The first-order chi connectivity index (χ1) is 7.27. The second-order valence-electron chi connectivity index (χ2n) is 3.17. The molecule has 78 valence electrons. The number of hydrogen-bond donors (Lipinski definition) is 2. The molecule has 0 radical (unpaired) electrons. The monoisotopic (exact) mass is 220 g/mol. The highest BCUT2D eigenvalue weighted by molar-refractivity contribution is 7.09. The first-order valence-electron chi connectivity index (χ1n) is 4.64. The predicted molar refractivity (Wildman–Crippen MR) is 62.8 cm³/mol. The van der Waals surface area contributed by atoms with Gasteiger partial charge in [-0.3, -0.25) is 0 Å². The standard InChI is InChI=1S/C10H12N4S/c1-7(10-13-5-6-15-10)14-8-3-2-4-12-9(8)11/h2-7,14H,1H3,(H2,11,12). The van der Waals surface area contributed by atoms with Gasteiger partial charge in [0.05, 0.1) is 11.7 Å². The molecule has 2 rings (SSSR count). The maximum Gasteiger partial charge on any atom is 0.146 e. The Morgan fingerprint density at radius 3 is 2.93 bits per heavy atom. The van der Waals surface area contributed by atoms with E-state index in [9.17, 15) is 0 Å². The van der Waals surface area contributed by atoms with Crippen LogP contribution in [-0.2, 0) is 0 Å². The summed E-state index contributed by atoms with van der Waals surface area (Å²) in [7, 11) is 0. The van der Waals surface area contributed by atoms with Crippen molar-refractivity contribution in [3.05, 3.63) is 34.9 Å². The summed E-state index contributed by atoms with van der Waals surface area (Å²) in [6.07, 6.45) is 3.47. The number of pyridine rings is 1. The molecule has 0 amide bonds. The molecular formula is C10H12N4S. The molecule has 0 saturated carbocycles. The Morgan fingerprint density at radius 1 is 1.40 bits per heavy atom. The van der Waals surface area contributed by atoms with Crippen LogP contribution >= 0.6 is 11.3 Å². The van der Waals surface area contributed by atoms with Crippen LogP contribution in [0.3, 0.4) is 0 Å². The van der Waals surface area contributed by atoms with Crippen LogP contribution in [0, 0.1) is 0 Å². The molecule has 0 aliphatic carbocycles. The molecule has 0 bridgehead atoms. The van der Waals surface area contributed by atoms with Crippen LogP contribution in [0.15, 0.2) is 29.9 Å². The number of hydrogen-bond acceptors (Lipinski definition) is 5. The van der Waals surface area contributed by atoms with Gasteiger partial charge in [-0.2, -0.15) is 0 Å². The molecule has 3 N–H and O–H groups in total. The number of nitrogens with zero attached hydrogens (tertiary/aromatic N) is 2. The van der Waals surface area contributed by atoms with E-state index in [2.05, 4.69) is 15.3 Å². The lowest BCUT2D eigenvalue weighted by atomic mass is 10.3. The van der Waals surface area contributed by atoms with Crippen LogP contribution in [0.4, 0.5) is 11.5 Å². The molecule has 2 aromatic heterocycles. The molecule has 0 aliphatic rings. The van der Waals surface area contributed by atoms with E-state index < -0.39 is 0 Å². The number of nitrogens with two attached hydrogens (primary N) is 1. The van der Waals surface area contributed by atoms with Crippen LogP contribution in [0.2, 0.25) is 0 Å². The van der Waals surface area contributed by atoms with Gasteiger partial charge in [0.15, 0.2) is 0 Å². The Morgan fingerprint density at radius 2 is 2.27 bits per heavy atom. The number of nitrogens with one attached hydrogen (secondary N) is 1. The van der Waals surface area contributed by atoms with Crippen molar-refractivity contribution < 1.29 is 0 Å². The predicted octanol–water partition coefficient (Wildman–Crippen LogP) is 2.29. The van der Waals surface area contributed by atoms with E-state index >= 15 is 0 Å². The third kappa shape index (κ3) is 2.24. The molecule has 2 aromatic rings. The highest BCUT2D eigenvalue weighted by atomic mass is 32.1. The Kier molecular flexibility index (Phi) is 2.82. The second kappa shape index (κ2) is 4.27. The minimum absolute atomic E-state index is 0.150. The summed E-state index contributed by atoms with van der Waals surface area (Å²) in [6.45, 7) is 2.05. The van der Waals surface area contributed by atoms with Crippen molar-refractivity contribution in [2.24, 2.45) is 0 Å². The minimum atomic E-state index is 0.150. The Balaban J connectivity index is 2.13. The van der Waals surface area contributed by atoms with Crippen molar-refractivity contribution in [2.45, 2.75) is 13.0 Å². The van der Waals surface area contributed by atoms with Crippen molar-refractivity contribution in [2.75, 3.05) is 11.1 Å². The van der Waals surface area contributed by atoms with Crippen LogP contribution in [0.5, 0.6) is 0 Å². The molecule has 0 fully saturated rings. The smallest absolute Gasteiger partial charge is 0.146 e. The minimum Gasteiger partial charge on any atom is -0.382 e. The fraction of sp³-hybridized carbons (Fsp3) is 0.200. The van der Waals surface area contributed by atoms with Crippen molar-refractivity contribution in [1.82, 2.24) is 9.97 Å². The topological polar surface area (TPSA) is 63.8 Å². The van der Waals surface area contributed by atoms with E-state index in [4.69, 9.17) is 5.73 Å². The zero-order valence-corrected chi connectivity index (χ0v) is 9.16. The maximum absolute atomic E-state index is 5.73. The summed E-state index contributed by atoms with van der Waals surface area (Å²) in [6, 6.07) is 3.91. The van der Waals surface area contributed by atoms with Crippen molar-refractivity contribution in [1.29, 1.82) is 0 Å². The normalized spacial score (nSPS) is 12.3. The molecule has 1 unspecified atom stereocenters. The van der Waals surface area contributed by atoms with Gasteiger partial charge in [-0.05, 0) is 19.1 Å². The van der Waals surface area contributed by atoms with Crippen LogP contribution in [-0.4, -0.2) is 9.97 Å². The van der Waals surface area contributed by atoms with Gasteiger partial charge >= 0.3 is 0 Å². The fourth-order valence-corrected chi connectivity index (χ4v) is 1.93. The first kappa shape index (κ1) is 9.92. The number of thiazole rings is 1. The molecular weight excluding hydrogens is 208 g/mol. The second-order valence-corrected chi connectivity index (χ2v) is 4.10. The van der Waals surface area contributed by atoms with E-state index in [-0.39, 0.29) is 6.04 Å². The number of anilines is 2. The van der Waals surface area contributed by atoms with E-state index in [0.717, 1.165) is 10.7 Å². The molecule has 4 nitrogen and oxygen atoms in total. The number of rotatable bonds is 3. The van der Waals surface area contributed by atoms with Crippen molar-refractivity contribution >= 4 is 22.8 Å². The Hall–Kier alpha value is -1.62. The van der Waals surface area contributed by atoms with Crippen molar-refractivity contribution in [3.63, 3.8) is 0 Å². The summed E-state index contributed by atoms with van der Waals surface area (Å²) in [4.78, 5) is 8.25. The highest BCUT2D eigenvalue weighted by Crippen LogP contribution is 2.23. The van der Waals surface area contributed by atoms with Gasteiger partial charge in [0.25, 0.3) is 0 Å². The van der Waals surface area contributed by atoms with Crippen LogP contribution < -0.4 is 11.1 Å². The molecule has 0 aromatic carbocycles. The average molecular weight is 220 g/mol. The van der Waals surface area contributed by atoms with Gasteiger partial charge in [-0.1, -0.05) is 0 Å². The molecule has 1 atom stereocenters. The number of nitrogen functional groups attached to an aromatic ring is 1. The summed E-state index contributed by atoms with van der Waals surface area (Å²) in [5.74, 6) is 0.515. The largest absolute Gasteiger partial charge is 0.382 e. The fourth-order valence-electron chi connectivity index (χ4n) is 1.28. The lowest BCUT2D eigenvalue weighted by molar-refractivity contribution is 0.869. The SMILES string of the molecule is CC(Nc1cccnc1N)c1nccs1. The Labute approximate surface area is 92.2 Å². The van der Waals surface area contributed by atoms with E-state index in [1.165, 1.54) is 0 Å². The molecule has 0 aliphatic heterocycles. The van der Waals surface area contributed by atoms with Crippen LogP contribution in [0.25, 0.3) is 0 Å². The van der Waals surface area contributed by atoms with Gasteiger partial charge in [-0.25, -0.2) is 9.97 Å². The maximum atomic E-state index is 5.73. The van der Waals surface area contributed by atoms with Crippen molar-refractivity contribution in [3.8, 4) is 0 Å². The summed E-state index contributed by atoms with van der Waals surface area (Å²) in [5, 5.41) is 6.27.